The number of fused-ring (bicyclic) bond motifs is 1. The number of carbonyl (C=O) groups is 1. The number of nitrogens with one attached hydrogen (secondary N) is 1. The van der Waals surface area contributed by atoms with E-state index >= 15 is 0 Å². The summed E-state index contributed by atoms with van der Waals surface area (Å²) < 4.78 is 17.5. The van der Waals surface area contributed by atoms with Gasteiger partial charge in [0.05, 0.1) is 12.7 Å². The van der Waals surface area contributed by atoms with Gasteiger partial charge < -0.3 is 14.2 Å². The number of carbonyl (C=O) groups excluding carboxylic acids is 1. The minimum atomic E-state index is -0.432. The lowest BCUT2D eigenvalue weighted by molar-refractivity contribution is -0.114. The summed E-state index contributed by atoms with van der Waals surface area (Å²) in [6.45, 7) is 5.10. The van der Waals surface area contributed by atoms with Crippen molar-refractivity contribution in [2.45, 2.75) is 58.3 Å². The van der Waals surface area contributed by atoms with E-state index < -0.39 is 5.91 Å². The number of benzene rings is 2. The summed E-state index contributed by atoms with van der Waals surface area (Å²) in [6, 6.07) is 13.5. The van der Waals surface area contributed by atoms with Crippen molar-refractivity contribution < 1.29 is 19.0 Å². The lowest BCUT2D eigenvalue weighted by atomic mass is 9.90. The number of ether oxygens (including phenoxy) is 3. The molecule has 40 heavy (non-hydrogen) atoms. The minimum Gasteiger partial charge on any atom is -0.493 e. The highest BCUT2D eigenvalue weighted by Gasteiger charge is 2.38. The summed E-state index contributed by atoms with van der Waals surface area (Å²) >= 11 is 1.43. The molecule has 1 N–H and O–H groups in total. The number of methoxy groups -OCH3 is 1. The summed E-state index contributed by atoms with van der Waals surface area (Å²) in [4.78, 5) is 17.1. The first-order valence-corrected chi connectivity index (χ1v) is 14.8. The highest BCUT2D eigenvalue weighted by atomic mass is 32.2. The smallest absolute Gasteiger partial charge is 0.283 e. The topological polar surface area (TPSA) is 96.6 Å². The highest BCUT2D eigenvalue weighted by molar-refractivity contribution is 8.27. The molecule has 1 unspecified atom stereocenters. The number of hydrogen-bond acceptors (Lipinski definition) is 7. The molecule has 0 spiro atoms. The second-order valence-electron chi connectivity index (χ2n) is 10.2. The zero-order valence-electron chi connectivity index (χ0n) is 23.3. The van der Waals surface area contributed by atoms with Gasteiger partial charge in [-0.2, -0.15) is 15.1 Å². The maximum Gasteiger partial charge on any atom is 0.283 e. The van der Waals surface area contributed by atoms with Gasteiger partial charge in [-0.1, -0.05) is 57.4 Å². The molecule has 1 fully saturated rings. The van der Waals surface area contributed by atoms with E-state index in [2.05, 4.69) is 30.0 Å². The first-order chi connectivity index (χ1) is 19.5. The predicted molar refractivity (Wildman–Crippen MR) is 161 cm³/mol. The fourth-order valence-corrected chi connectivity index (χ4v) is 6.18. The zero-order chi connectivity index (χ0) is 28.1. The van der Waals surface area contributed by atoms with Gasteiger partial charge in [0.25, 0.3) is 5.91 Å². The van der Waals surface area contributed by atoms with Crippen LogP contribution in [0, 0.1) is 11.3 Å². The number of para-hydroxylation sites is 1. The Hall–Kier alpha value is -3.59. The average Bonchev–Trinajstić information content (AvgIpc) is 3.42. The van der Waals surface area contributed by atoms with Crippen molar-refractivity contribution in [1.29, 1.82) is 5.41 Å². The number of amidine groups is 2. The van der Waals surface area contributed by atoms with Gasteiger partial charge in [0.1, 0.15) is 24.0 Å². The summed E-state index contributed by atoms with van der Waals surface area (Å²) in [5.41, 5.74) is 2.10. The number of hydrogen-bond donors (Lipinski definition) is 1. The van der Waals surface area contributed by atoms with Crippen LogP contribution in [0.4, 0.5) is 0 Å². The van der Waals surface area contributed by atoms with E-state index in [4.69, 9.17) is 19.6 Å². The maximum atomic E-state index is 12.9. The van der Waals surface area contributed by atoms with E-state index in [1.54, 1.807) is 25.3 Å². The molecule has 0 aromatic heterocycles. The van der Waals surface area contributed by atoms with Crippen molar-refractivity contribution in [2.24, 2.45) is 16.0 Å². The van der Waals surface area contributed by atoms with Crippen LogP contribution in [0.2, 0.25) is 0 Å². The van der Waals surface area contributed by atoms with E-state index in [0.29, 0.717) is 47.3 Å². The van der Waals surface area contributed by atoms with Gasteiger partial charge in [0, 0.05) is 5.92 Å². The summed E-state index contributed by atoms with van der Waals surface area (Å²) in [7, 11) is 1.57. The lowest BCUT2D eigenvalue weighted by Crippen LogP contribution is -2.35. The third-order valence-electron chi connectivity index (χ3n) is 7.58. The average molecular weight is 561 g/mol. The molecule has 2 aromatic rings. The number of amides is 1. The van der Waals surface area contributed by atoms with Gasteiger partial charge in [-0.3, -0.25) is 10.2 Å². The summed E-state index contributed by atoms with van der Waals surface area (Å²) in [5.74, 6) is 2.41. The largest absolute Gasteiger partial charge is 0.493 e. The van der Waals surface area contributed by atoms with Gasteiger partial charge in [-0.15, -0.1) is 0 Å². The minimum absolute atomic E-state index is 0.0439. The van der Waals surface area contributed by atoms with Crippen LogP contribution in [0.3, 0.4) is 0 Å². The number of nitrogens with zero attached hydrogens (tertiary/aromatic N) is 3. The molecule has 2 heterocycles. The van der Waals surface area contributed by atoms with E-state index in [0.717, 1.165) is 30.1 Å². The highest BCUT2D eigenvalue weighted by Crippen LogP contribution is 2.37. The van der Waals surface area contributed by atoms with Crippen LogP contribution in [0.5, 0.6) is 17.2 Å². The van der Waals surface area contributed by atoms with Crippen LogP contribution in [0.25, 0.3) is 6.08 Å². The van der Waals surface area contributed by atoms with Gasteiger partial charge in [-0.25, -0.2) is 0 Å². The van der Waals surface area contributed by atoms with Crippen LogP contribution in [-0.4, -0.2) is 47.3 Å². The Bertz CT molecular complexity index is 1360. The van der Waals surface area contributed by atoms with Crippen molar-refractivity contribution in [3.8, 4) is 17.2 Å². The molecular weight excluding hydrogens is 524 g/mol. The third kappa shape index (κ3) is 6.09. The number of hydrazone groups is 1. The van der Waals surface area contributed by atoms with Gasteiger partial charge in [-0.05, 0) is 72.3 Å². The quantitative estimate of drug-likeness (QED) is 0.252. The summed E-state index contributed by atoms with van der Waals surface area (Å²) in [5, 5.41) is 16.3. The number of thioether (sulfide) groups is 1. The van der Waals surface area contributed by atoms with E-state index in [-0.39, 0.29) is 11.4 Å². The van der Waals surface area contributed by atoms with E-state index in [1.165, 1.54) is 41.6 Å². The predicted octanol–water partition coefficient (Wildman–Crippen LogP) is 6.87. The van der Waals surface area contributed by atoms with Crippen molar-refractivity contribution in [3.63, 3.8) is 0 Å². The van der Waals surface area contributed by atoms with Crippen molar-refractivity contribution in [1.82, 2.24) is 5.01 Å². The fraction of sp³-hybridized carbons (Fsp3) is 0.419. The van der Waals surface area contributed by atoms with Crippen LogP contribution in [0.1, 0.15) is 69.4 Å². The third-order valence-corrected chi connectivity index (χ3v) is 8.65. The molecule has 8 nitrogen and oxygen atoms in total. The monoisotopic (exact) mass is 560 g/mol. The van der Waals surface area contributed by atoms with E-state index in [9.17, 15) is 4.79 Å². The van der Waals surface area contributed by atoms with Gasteiger partial charge >= 0.3 is 0 Å². The Morgan fingerprint density at radius 1 is 1.07 bits per heavy atom. The molecule has 1 saturated carbocycles. The van der Waals surface area contributed by atoms with E-state index in [1.807, 2.05) is 24.3 Å². The number of rotatable bonds is 10. The van der Waals surface area contributed by atoms with Crippen LogP contribution >= 0.6 is 11.8 Å². The zero-order valence-corrected chi connectivity index (χ0v) is 24.1. The first kappa shape index (κ1) is 28.0. The maximum absolute atomic E-state index is 12.9. The van der Waals surface area contributed by atoms with Crippen LogP contribution in [-0.2, 0) is 4.79 Å². The molecule has 0 radical (unpaired) electrons. The molecule has 5 rings (SSSR count). The molecule has 0 saturated heterocycles. The van der Waals surface area contributed by atoms with Gasteiger partial charge in [0.2, 0.25) is 5.17 Å². The molecular formula is C31H36N4O4S. The Morgan fingerprint density at radius 3 is 2.58 bits per heavy atom. The van der Waals surface area contributed by atoms with Crippen molar-refractivity contribution in [3.05, 3.63) is 59.2 Å². The lowest BCUT2D eigenvalue weighted by Gasteiger charge is -2.20. The molecule has 1 aliphatic carbocycles. The van der Waals surface area contributed by atoms with Crippen molar-refractivity contribution >= 4 is 39.8 Å². The van der Waals surface area contributed by atoms with Crippen molar-refractivity contribution in [2.75, 3.05) is 20.3 Å². The van der Waals surface area contributed by atoms with Gasteiger partial charge in [0.15, 0.2) is 17.3 Å². The molecule has 2 aromatic carbocycles. The molecule has 1 amide bonds. The van der Waals surface area contributed by atoms with Crippen LogP contribution < -0.4 is 14.2 Å². The van der Waals surface area contributed by atoms with Crippen LogP contribution in [0.15, 0.2) is 58.1 Å². The molecule has 3 aliphatic rings. The first-order valence-electron chi connectivity index (χ1n) is 14.0. The summed E-state index contributed by atoms with van der Waals surface area (Å²) in [6.07, 6.45) is 8.55. The molecule has 2 aliphatic heterocycles. The number of aliphatic imine (C=N–C) groups is 1. The molecule has 1 atom stereocenters. The molecule has 0 bridgehead atoms. The standard InChI is InChI=1S/C31H36N4O4S/c1-4-20(2)23-12-8-9-13-25(23)38-16-17-39-26-15-14-21(19-27(26)37-3)18-24-28(32)35-31(33-29(24)36)40-30(34-35)22-10-6-5-7-11-22/h8-9,12-15,18-20,22,32H,4-7,10-11,16-17H2,1-3H3/b24-18-,32-28?. The second kappa shape index (κ2) is 12.7. The normalized spacial score (nSPS) is 19.3. The fourth-order valence-electron chi connectivity index (χ4n) is 5.12. The second-order valence-corrected chi connectivity index (χ2v) is 11.2. The molecule has 9 heteroatoms. The Morgan fingerprint density at radius 2 is 1.82 bits per heavy atom. The Kier molecular flexibility index (Phi) is 8.89. The SMILES string of the molecule is CCC(C)c1ccccc1OCCOc1ccc(/C=C2/C(=N)N3N=C(C4CCCCC4)SC3=NC2=O)cc1OC. The Labute approximate surface area is 240 Å². The Balaban J connectivity index is 1.24. The molecule has 210 valence electrons.